The predicted octanol–water partition coefficient (Wildman–Crippen LogP) is 3.09. The second-order valence-corrected chi connectivity index (χ2v) is 10.1. The van der Waals surface area contributed by atoms with Gasteiger partial charge in [-0.3, -0.25) is 9.59 Å². The Morgan fingerprint density at radius 1 is 1.27 bits per heavy atom. The summed E-state index contributed by atoms with van der Waals surface area (Å²) in [6, 6.07) is 4.21. The molecular formula is C25H39ClN4O3. The SMILES string of the molecule is CCN(c1cc(Cl)cc(C(=O)NCC2C(=O)NC(C)CC2CN(C)C)c1C)C1CCOCC1. The summed E-state index contributed by atoms with van der Waals surface area (Å²) in [7, 11) is 4.03. The molecule has 7 nitrogen and oxygen atoms in total. The summed E-state index contributed by atoms with van der Waals surface area (Å²) >= 11 is 6.47. The molecule has 2 aliphatic rings. The van der Waals surface area contributed by atoms with Crippen molar-refractivity contribution in [3.05, 3.63) is 28.3 Å². The molecule has 8 heteroatoms. The largest absolute Gasteiger partial charge is 0.381 e. The van der Waals surface area contributed by atoms with Crippen LogP contribution in [0.3, 0.4) is 0 Å². The maximum atomic E-state index is 13.2. The quantitative estimate of drug-likeness (QED) is 0.600. The van der Waals surface area contributed by atoms with Crippen LogP contribution in [0.25, 0.3) is 0 Å². The average Bonchev–Trinajstić information content (AvgIpc) is 2.75. The smallest absolute Gasteiger partial charge is 0.251 e. The number of carbonyl (C=O) groups excluding carboxylic acids is 2. The topological polar surface area (TPSA) is 73.9 Å². The van der Waals surface area contributed by atoms with E-state index < -0.39 is 0 Å². The highest BCUT2D eigenvalue weighted by atomic mass is 35.5. The van der Waals surface area contributed by atoms with Crippen molar-refractivity contribution in [2.24, 2.45) is 11.8 Å². The molecule has 0 aromatic heterocycles. The number of anilines is 1. The first-order valence-electron chi connectivity index (χ1n) is 12.1. The van der Waals surface area contributed by atoms with Gasteiger partial charge in [0.15, 0.2) is 0 Å². The van der Waals surface area contributed by atoms with Crippen LogP contribution in [0.15, 0.2) is 12.1 Å². The second-order valence-electron chi connectivity index (χ2n) is 9.71. The van der Waals surface area contributed by atoms with Gasteiger partial charge in [-0.2, -0.15) is 0 Å². The molecule has 3 atom stereocenters. The van der Waals surface area contributed by atoms with E-state index in [9.17, 15) is 9.59 Å². The number of halogens is 1. The highest BCUT2D eigenvalue weighted by Gasteiger charge is 2.35. The normalized spacial score (nSPS) is 24.0. The van der Waals surface area contributed by atoms with E-state index in [1.807, 2.05) is 34.0 Å². The van der Waals surface area contributed by atoms with E-state index in [1.54, 1.807) is 6.07 Å². The zero-order chi connectivity index (χ0) is 24.1. The van der Waals surface area contributed by atoms with Crippen LogP contribution < -0.4 is 15.5 Å². The van der Waals surface area contributed by atoms with Gasteiger partial charge in [-0.1, -0.05) is 11.6 Å². The van der Waals surface area contributed by atoms with Crippen molar-refractivity contribution < 1.29 is 14.3 Å². The molecule has 3 rings (SSSR count). The number of ether oxygens (including phenoxy) is 1. The molecule has 0 bridgehead atoms. The van der Waals surface area contributed by atoms with Gasteiger partial charge >= 0.3 is 0 Å². The van der Waals surface area contributed by atoms with Gasteiger partial charge in [-0.05, 0) is 77.7 Å². The van der Waals surface area contributed by atoms with Crippen molar-refractivity contribution in [1.82, 2.24) is 15.5 Å². The molecule has 2 amide bonds. The zero-order valence-corrected chi connectivity index (χ0v) is 21.4. The Balaban J connectivity index is 1.77. The number of carbonyl (C=O) groups is 2. The van der Waals surface area contributed by atoms with Crippen LogP contribution in [0.4, 0.5) is 5.69 Å². The lowest BCUT2D eigenvalue weighted by Crippen LogP contribution is -2.53. The molecule has 1 aromatic rings. The molecule has 0 aliphatic carbocycles. The Labute approximate surface area is 203 Å². The Morgan fingerprint density at radius 3 is 2.61 bits per heavy atom. The maximum Gasteiger partial charge on any atom is 0.251 e. The van der Waals surface area contributed by atoms with Gasteiger partial charge in [-0.25, -0.2) is 0 Å². The highest BCUT2D eigenvalue weighted by Crippen LogP contribution is 2.32. The fraction of sp³-hybridized carbons (Fsp3) is 0.680. The minimum Gasteiger partial charge on any atom is -0.381 e. The molecule has 0 saturated carbocycles. The molecule has 2 saturated heterocycles. The molecule has 0 spiro atoms. The van der Waals surface area contributed by atoms with Crippen LogP contribution in [-0.2, 0) is 9.53 Å². The molecule has 2 fully saturated rings. The number of amides is 2. The number of nitrogens with one attached hydrogen (secondary N) is 2. The van der Waals surface area contributed by atoms with E-state index >= 15 is 0 Å². The third-order valence-corrected chi connectivity index (χ3v) is 7.12. The second kappa shape index (κ2) is 11.5. The van der Waals surface area contributed by atoms with Crippen molar-refractivity contribution in [1.29, 1.82) is 0 Å². The lowest BCUT2D eigenvalue weighted by molar-refractivity contribution is -0.130. The average molecular weight is 479 g/mol. The minimum absolute atomic E-state index is 0.0149. The lowest BCUT2D eigenvalue weighted by Gasteiger charge is -2.37. The number of piperidine rings is 1. The maximum absolute atomic E-state index is 13.2. The van der Waals surface area contributed by atoms with Crippen molar-refractivity contribution in [2.45, 2.75) is 52.1 Å². The van der Waals surface area contributed by atoms with Crippen LogP contribution in [-0.4, -0.2) is 75.7 Å². The molecule has 2 aliphatic heterocycles. The molecule has 184 valence electrons. The zero-order valence-electron chi connectivity index (χ0n) is 20.6. The van der Waals surface area contributed by atoms with Crippen molar-refractivity contribution in [2.75, 3.05) is 51.8 Å². The Bertz CT molecular complexity index is 839. The van der Waals surface area contributed by atoms with Gasteiger partial charge in [0.05, 0.1) is 5.92 Å². The number of nitrogens with zero attached hydrogens (tertiary/aromatic N) is 2. The van der Waals surface area contributed by atoms with Crippen molar-refractivity contribution >= 4 is 29.1 Å². The van der Waals surface area contributed by atoms with E-state index in [1.165, 1.54) is 0 Å². The van der Waals surface area contributed by atoms with Crippen LogP contribution in [0.1, 0.15) is 49.0 Å². The molecule has 2 N–H and O–H groups in total. The van der Waals surface area contributed by atoms with Gasteiger partial charge in [0.25, 0.3) is 5.91 Å². The summed E-state index contributed by atoms with van der Waals surface area (Å²) in [5.74, 6) is -0.222. The van der Waals surface area contributed by atoms with Gasteiger partial charge in [-0.15, -0.1) is 0 Å². The Morgan fingerprint density at radius 2 is 1.97 bits per heavy atom. The summed E-state index contributed by atoms with van der Waals surface area (Å²) < 4.78 is 5.53. The first-order valence-corrected chi connectivity index (χ1v) is 12.5. The van der Waals surface area contributed by atoms with Crippen LogP contribution in [0, 0.1) is 18.8 Å². The summed E-state index contributed by atoms with van der Waals surface area (Å²) in [4.78, 5) is 30.4. The third kappa shape index (κ3) is 6.40. The van der Waals surface area contributed by atoms with Gasteiger partial charge < -0.3 is 25.2 Å². The standard InChI is InChI=1S/C25H39ClN4O3/c1-6-30(20-7-9-33-10-8-20)23-13-19(26)12-21(17(23)3)24(31)27-14-22-18(15-29(4)5)11-16(2)28-25(22)32/h12-13,16,18,20,22H,6-11,14-15H2,1-5H3,(H,27,31)(H,28,32). The number of hydrogen-bond acceptors (Lipinski definition) is 5. The summed E-state index contributed by atoms with van der Waals surface area (Å²) in [5.41, 5.74) is 2.48. The Hall–Kier alpha value is -1.83. The monoisotopic (exact) mass is 478 g/mol. The van der Waals surface area contributed by atoms with Gasteiger partial charge in [0.1, 0.15) is 0 Å². The number of benzene rings is 1. The van der Waals surface area contributed by atoms with Crippen LogP contribution >= 0.6 is 11.6 Å². The molecule has 0 radical (unpaired) electrons. The van der Waals surface area contributed by atoms with E-state index in [0.717, 1.165) is 56.8 Å². The fourth-order valence-electron chi connectivity index (χ4n) is 5.29. The van der Waals surface area contributed by atoms with Crippen LogP contribution in [0.2, 0.25) is 5.02 Å². The fourth-order valence-corrected chi connectivity index (χ4v) is 5.50. The number of rotatable bonds is 8. The van der Waals surface area contributed by atoms with Gasteiger partial charge in [0, 0.05) is 61.2 Å². The summed E-state index contributed by atoms with van der Waals surface area (Å²) in [5, 5.41) is 6.61. The molecule has 2 heterocycles. The first-order chi connectivity index (χ1) is 15.7. The van der Waals surface area contributed by atoms with Crippen molar-refractivity contribution in [3.63, 3.8) is 0 Å². The molecular weight excluding hydrogens is 440 g/mol. The first kappa shape index (κ1) is 25.8. The van der Waals surface area contributed by atoms with E-state index in [4.69, 9.17) is 16.3 Å². The lowest BCUT2D eigenvalue weighted by atomic mass is 9.82. The Kier molecular flexibility index (Phi) is 9.02. The number of hydrogen-bond donors (Lipinski definition) is 2. The van der Waals surface area contributed by atoms with Gasteiger partial charge in [0.2, 0.25) is 5.91 Å². The van der Waals surface area contributed by atoms with Crippen LogP contribution in [0.5, 0.6) is 0 Å². The highest BCUT2D eigenvalue weighted by molar-refractivity contribution is 6.31. The molecule has 3 unspecified atom stereocenters. The third-order valence-electron chi connectivity index (χ3n) is 6.90. The predicted molar refractivity (Wildman–Crippen MR) is 133 cm³/mol. The summed E-state index contributed by atoms with van der Waals surface area (Å²) in [6.45, 7) is 9.61. The van der Waals surface area contributed by atoms with E-state index in [0.29, 0.717) is 23.2 Å². The molecule has 1 aromatic carbocycles. The van der Waals surface area contributed by atoms with Crippen molar-refractivity contribution in [3.8, 4) is 0 Å². The van der Waals surface area contributed by atoms with E-state index in [2.05, 4.69) is 27.4 Å². The molecule has 33 heavy (non-hydrogen) atoms. The minimum atomic E-state index is -0.249. The van der Waals surface area contributed by atoms with E-state index in [-0.39, 0.29) is 29.7 Å². The summed E-state index contributed by atoms with van der Waals surface area (Å²) in [6.07, 6.45) is 2.83.